The van der Waals surface area contributed by atoms with Crippen molar-refractivity contribution in [1.82, 2.24) is 19.4 Å². The number of likely N-dealkylation sites (tertiary alicyclic amines) is 1. The van der Waals surface area contributed by atoms with Crippen LogP contribution in [0.3, 0.4) is 0 Å². The summed E-state index contributed by atoms with van der Waals surface area (Å²) in [5.74, 6) is -0.333. The van der Waals surface area contributed by atoms with Crippen LogP contribution in [0.2, 0.25) is 0 Å². The molecule has 1 atom stereocenters. The zero-order chi connectivity index (χ0) is 14.9. The molecule has 21 heavy (non-hydrogen) atoms. The smallest absolute Gasteiger partial charge is 0.325 e. The van der Waals surface area contributed by atoms with Gasteiger partial charge in [0.1, 0.15) is 5.54 Å². The van der Waals surface area contributed by atoms with Crippen LogP contribution in [0.4, 0.5) is 0 Å². The lowest BCUT2D eigenvalue weighted by molar-refractivity contribution is -0.142. The van der Waals surface area contributed by atoms with E-state index in [4.69, 9.17) is 5.73 Å². The van der Waals surface area contributed by atoms with Gasteiger partial charge in [-0.3, -0.25) is 14.3 Å². The highest BCUT2D eigenvalue weighted by atomic mass is 16.4. The third-order valence-electron chi connectivity index (χ3n) is 3.79. The lowest BCUT2D eigenvalue weighted by Crippen LogP contribution is -2.50. The van der Waals surface area contributed by atoms with Crippen molar-refractivity contribution in [2.24, 2.45) is 5.73 Å². The van der Waals surface area contributed by atoms with Gasteiger partial charge in [-0.2, -0.15) is 0 Å². The Kier molecular flexibility index (Phi) is 3.44. The summed E-state index contributed by atoms with van der Waals surface area (Å²) in [6.07, 6.45) is 5.74. The molecule has 0 amide bonds. The highest BCUT2D eigenvalue weighted by Crippen LogP contribution is 2.21. The molecular weight excluding hydrogens is 270 g/mol. The molecule has 2 aromatic rings. The first-order valence-corrected chi connectivity index (χ1v) is 6.77. The van der Waals surface area contributed by atoms with Crippen molar-refractivity contribution in [3.63, 3.8) is 0 Å². The molecule has 1 saturated heterocycles. The summed E-state index contributed by atoms with van der Waals surface area (Å²) in [6, 6.07) is 5.67. The van der Waals surface area contributed by atoms with Crippen LogP contribution in [0.1, 0.15) is 12.1 Å². The van der Waals surface area contributed by atoms with Crippen molar-refractivity contribution in [2.45, 2.75) is 18.5 Å². The number of carbonyl (C=O) groups is 1. The minimum absolute atomic E-state index is 0.350. The molecule has 3 heterocycles. The summed E-state index contributed by atoms with van der Waals surface area (Å²) >= 11 is 0. The van der Waals surface area contributed by atoms with Crippen LogP contribution in [-0.4, -0.2) is 49.1 Å². The molecule has 0 aliphatic carbocycles. The highest BCUT2D eigenvalue weighted by molar-refractivity contribution is 5.79. The molecule has 7 heteroatoms. The summed E-state index contributed by atoms with van der Waals surface area (Å²) in [7, 11) is 0. The zero-order valence-electron chi connectivity index (χ0n) is 11.5. The Morgan fingerprint density at radius 1 is 1.38 bits per heavy atom. The molecule has 1 aliphatic heterocycles. The third-order valence-corrected chi connectivity index (χ3v) is 3.79. The van der Waals surface area contributed by atoms with Crippen molar-refractivity contribution < 1.29 is 9.90 Å². The number of nitrogens with two attached hydrogens (primary N) is 1. The molecule has 1 unspecified atom stereocenters. The molecule has 0 bridgehead atoms. The minimum Gasteiger partial charge on any atom is -0.480 e. The Morgan fingerprint density at radius 2 is 2.14 bits per heavy atom. The lowest BCUT2D eigenvalue weighted by atomic mass is 10.0. The lowest BCUT2D eigenvalue weighted by Gasteiger charge is -2.20. The Morgan fingerprint density at radius 3 is 2.81 bits per heavy atom. The second-order valence-electron chi connectivity index (χ2n) is 5.34. The average Bonchev–Trinajstić information content (AvgIpc) is 3.08. The van der Waals surface area contributed by atoms with E-state index in [9.17, 15) is 9.90 Å². The number of rotatable bonds is 4. The van der Waals surface area contributed by atoms with Gasteiger partial charge in [-0.25, -0.2) is 9.97 Å². The van der Waals surface area contributed by atoms with Crippen LogP contribution in [0.15, 0.2) is 36.8 Å². The van der Waals surface area contributed by atoms with Gasteiger partial charge in [0.25, 0.3) is 0 Å². The second kappa shape index (κ2) is 5.27. The number of nitrogens with zero attached hydrogens (tertiary/aromatic N) is 4. The Labute approximate surface area is 122 Å². The average molecular weight is 287 g/mol. The van der Waals surface area contributed by atoms with E-state index in [2.05, 4.69) is 9.97 Å². The highest BCUT2D eigenvalue weighted by Gasteiger charge is 2.41. The molecule has 7 nitrogen and oxygen atoms in total. The van der Waals surface area contributed by atoms with E-state index in [1.807, 2.05) is 27.8 Å². The summed E-state index contributed by atoms with van der Waals surface area (Å²) in [5.41, 5.74) is 5.77. The fourth-order valence-corrected chi connectivity index (χ4v) is 2.61. The number of carboxylic acid groups (broad SMARTS) is 1. The predicted octanol–water partition coefficient (Wildman–Crippen LogP) is 0.255. The molecule has 3 rings (SSSR count). The van der Waals surface area contributed by atoms with Crippen LogP contribution in [0.25, 0.3) is 5.95 Å². The molecule has 0 spiro atoms. The topological polar surface area (TPSA) is 97.3 Å². The molecule has 0 saturated carbocycles. The van der Waals surface area contributed by atoms with E-state index in [0.29, 0.717) is 32.0 Å². The molecule has 3 N–H and O–H groups in total. The standard InChI is InChI=1S/C14H17N5O2/c15-14(12(20)21)4-8-18(10-14)9-11-3-1-7-19(11)13-16-5-2-6-17-13/h1-3,5-7H,4,8-10,15H2,(H,20,21). The van der Waals surface area contributed by atoms with Gasteiger partial charge in [0.15, 0.2) is 0 Å². The van der Waals surface area contributed by atoms with E-state index in [1.165, 1.54) is 0 Å². The predicted molar refractivity (Wildman–Crippen MR) is 75.8 cm³/mol. The van der Waals surface area contributed by atoms with Gasteiger partial charge in [0, 0.05) is 43.9 Å². The number of aliphatic carboxylic acids is 1. The van der Waals surface area contributed by atoms with Crippen molar-refractivity contribution in [1.29, 1.82) is 0 Å². The quantitative estimate of drug-likeness (QED) is 0.837. The number of hydrogen-bond acceptors (Lipinski definition) is 5. The SMILES string of the molecule is NC1(C(=O)O)CCN(Cc2cccn2-c2ncccn2)C1. The molecule has 0 aromatic carbocycles. The van der Waals surface area contributed by atoms with Gasteiger partial charge in [-0.05, 0) is 24.6 Å². The molecule has 110 valence electrons. The van der Waals surface area contributed by atoms with E-state index in [-0.39, 0.29) is 0 Å². The molecule has 0 radical (unpaired) electrons. The molecular formula is C14H17N5O2. The van der Waals surface area contributed by atoms with Crippen LogP contribution in [0, 0.1) is 0 Å². The van der Waals surface area contributed by atoms with Crippen molar-refractivity contribution in [3.05, 3.63) is 42.5 Å². The van der Waals surface area contributed by atoms with Crippen LogP contribution in [0.5, 0.6) is 0 Å². The van der Waals surface area contributed by atoms with E-state index < -0.39 is 11.5 Å². The maximum atomic E-state index is 11.2. The number of aromatic nitrogens is 3. The number of carboxylic acids is 1. The normalized spacial score (nSPS) is 22.5. The maximum Gasteiger partial charge on any atom is 0.325 e. The Bertz CT molecular complexity index is 642. The van der Waals surface area contributed by atoms with Crippen molar-refractivity contribution in [3.8, 4) is 5.95 Å². The summed E-state index contributed by atoms with van der Waals surface area (Å²) < 4.78 is 1.90. The zero-order valence-corrected chi connectivity index (χ0v) is 11.5. The van der Waals surface area contributed by atoms with Gasteiger partial charge >= 0.3 is 5.97 Å². The summed E-state index contributed by atoms with van der Waals surface area (Å²) in [4.78, 5) is 21.7. The largest absolute Gasteiger partial charge is 0.480 e. The monoisotopic (exact) mass is 287 g/mol. The van der Waals surface area contributed by atoms with E-state index >= 15 is 0 Å². The molecule has 2 aromatic heterocycles. The van der Waals surface area contributed by atoms with Gasteiger partial charge < -0.3 is 10.8 Å². The fraction of sp³-hybridized carbons (Fsp3) is 0.357. The summed E-state index contributed by atoms with van der Waals surface area (Å²) in [6.45, 7) is 1.64. The van der Waals surface area contributed by atoms with Crippen molar-refractivity contribution in [2.75, 3.05) is 13.1 Å². The van der Waals surface area contributed by atoms with E-state index in [0.717, 1.165) is 5.69 Å². The van der Waals surface area contributed by atoms with Gasteiger partial charge in [0.05, 0.1) is 0 Å². The second-order valence-corrected chi connectivity index (χ2v) is 5.34. The Balaban J connectivity index is 1.76. The van der Waals surface area contributed by atoms with Gasteiger partial charge in [-0.1, -0.05) is 0 Å². The summed E-state index contributed by atoms with van der Waals surface area (Å²) in [5, 5.41) is 9.17. The van der Waals surface area contributed by atoms with Gasteiger partial charge in [0.2, 0.25) is 5.95 Å². The first-order chi connectivity index (χ1) is 10.1. The fourth-order valence-electron chi connectivity index (χ4n) is 2.61. The maximum absolute atomic E-state index is 11.2. The van der Waals surface area contributed by atoms with Crippen molar-refractivity contribution >= 4 is 5.97 Å². The van der Waals surface area contributed by atoms with Crippen LogP contribution >= 0.6 is 0 Å². The molecule has 1 aliphatic rings. The number of hydrogen-bond donors (Lipinski definition) is 2. The minimum atomic E-state index is -1.14. The first kappa shape index (κ1) is 13.7. The molecule has 1 fully saturated rings. The first-order valence-electron chi connectivity index (χ1n) is 6.77. The van der Waals surface area contributed by atoms with Crippen LogP contribution < -0.4 is 5.73 Å². The van der Waals surface area contributed by atoms with E-state index in [1.54, 1.807) is 18.5 Å². The third kappa shape index (κ3) is 2.65. The van der Waals surface area contributed by atoms with Gasteiger partial charge in [-0.15, -0.1) is 0 Å². The van der Waals surface area contributed by atoms with Crippen LogP contribution in [-0.2, 0) is 11.3 Å². The Hall–Kier alpha value is -2.25.